The first kappa shape index (κ1) is 15.8. The molecule has 0 radical (unpaired) electrons. The molecule has 6 heteroatoms. The molecule has 3 rings (SSSR count). The van der Waals surface area contributed by atoms with E-state index < -0.39 is 0 Å². The molecule has 3 aromatic heterocycles. The summed E-state index contributed by atoms with van der Waals surface area (Å²) < 4.78 is 7.31. The summed E-state index contributed by atoms with van der Waals surface area (Å²) in [7, 11) is 0. The van der Waals surface area contributed by atoms with Crippen molar-refractivity contribution >= 4 is 16.5 Å². The monoisotopic (exact) mass is 330 g/mol. The smallest absolute Gasteiger partial charge is 0.183 e. The molecule has 0 aromatic carbocycles. The molecule has 0 atom stereocenters. The number of nitrogens with zero attached hydrogens (tertiary/aromatic N) is 3. The molecule has 0 unspecified atom stereocenters. The first-order valence-electron chi connectivity index (χ1n) is 7.61. The van der Waals surface area contributed by atoms with Crippen molar-refractivity contribution in [1.29, 1.82) is 0 Å². The van der Waals surface area contributed by atoms with E-state index in [-0.39, 0.29) is 5.54 Å². The van der Waals surface area contributed by atoms with E-state index in [1.165, 1.54) is 0 Å². The van der Waals surface area contributed by atoms with Crippen LogP contribution in [-0.4, -0.2) is 20.2 Å². The van der Waals surface area contributed by atoms with Gasteiger partial charge in [-0.1, -0.05) is 5.16 Å². The van der Waals surface area contributed by atoms with Crippen molar-refractivity contribution in [3.8, 4) is 17.1 Å². The minimum atomic E-state index is 0.00422. The van der Waals surface area contributed by atoms with E-state index in [9.17, 15) is 0 Å². The second-order valence-electron chi connectivity index (χ2n) is 6.83. The van der Waals surface area contributed by atoms with Gasteiger partial charge in [0.1, 0.15) is 5.76 Å². The molecule has 0 fully saturated rings. The van der Waals surface area contributed by atoms with E-state index in [0.717, 1.165) is 39.4 Å². The molecule has 122 valence electrons. The van der Waals surface area contributed by atoms with Gasteiger partial charge in [0.15, 0.2) is 10.9 Å². The van der Waals surface area contributed by atoms with Crippen molar-refractivity contribution in [2.45, 2.75) is 47.1 Å². The van der Waals surface area contributed by atoms with Crippen molar-refractivity contribution < 1.29 is 4.52 Å². The summed E-state index contributed by atoms with van der Waals surface area (Å²) in [6, 6.07) is 4.09. The zero-order valence-corrected chi connectivity index (χ0v) is 15.2. The Bertz CT molecular complexity index is 835. The molecule has 5 nitrogen and oxygen atoms in total. The summed E-state index contributed by atoms with van der Waals surface area (Å²) in [6.45, 7) is 12.5. The standard InChI is InChI=1S/C17H22N4OS/c1-10-7-13(12(3)21(10)15-8-11(2)22-20-15)14-9-23-16(18-14)19-17(4,5)6/h7-9H,1-6H3,(H,18,19). The predicted molar refractivity (Wildman–Crippen MR) is 94.5 cm³/mol. The van der Waals surface area contributed by atoms with Gasteiger partial charge in [0.25, 0.3) is 0 Å². The van der Waals surface area contributed by atoms with Gasteiger partial charge < -0.3 is 9.84 Å². The third-order valence-corrected chi connectivity index (χ3v) is 4.30. The summed E-state index contributed by atoms with van der Waals surface area (Å²) in [6.07, 6.45) is 0. The number of hydrogen-bond donors (Lipinski definition) is 1. The van der Waals surface area contributed by atoms with Crippen LogP contribution < -0.4 is 5.32 Å². The maximum absolute atomic E-state index is 5.21. The van der Waals surface area contributed by atoms with Crippen LogP contribution in [-0.2, 0) is 0 Å². The zero-order valence-electron chi connectivity index (χ0n) is 14.4. The lowest BCUT2D eigenvalue weighted by molar-refractivity contribution is 0.394. The molecule has 3 heterocycles. The van der Waals surface area contributed by atoms with Crippen LogP contribution in [0.4, 0.5) is 5.13 Å². The minimum Gasteiger partial charge on any atom is -0.360 e. The van der Waals surface area contributed by atoms with Gasteiger partial charge in [-0.15, -0.1) is 11.3 Å². The molecule has 1 N–H and O–H groups in total. The molecule has 0 aliphatic heterocycles. The van der Waals surface area contributed by atoms with Gasteiger partial charge in [-0.3, -0.25) is 4.57 Å². The highest BCUT2D eigenvalue weighted by molar-refractivity contribution is 7.14. The van der Waals surface area contributed by atoms with Crippen molar-refractivity contribution in [2.75, 3.05) is 5.32 Å². The number of thiazole rings is 1. The van der Waals surface area contributed by atoms with Crippen molar-refractivity contribution in [2.24, 2.45) is 0 Å². The molecule has 0 saturated carbocycles. The summed E-state index contributed by atoms with van der Waals surface area (Å²) in [5.74, 6) is 1.62. The zero-order chi connectivity index (χ0) is 16.8. The van der Waals surface area contributed by atoms with E-state index in [4.69, 9.17) is 9.51 Å². The Morgan fingerprint density at radius 3 is 2.52 bits per heavy atom. The van der Waals surface area contributed by atoms with Crippen LogP contribution in [0.3, 0.4) is 0 Å². The van der Waals surface area contributed by atoms with E-state index in [1.807, 2.05) is 13.0 Å². The summed E-state index contributed by atoms with van der Waals surface area (Å²) in [5, 5.41) is 10.6. The van der Waals surface area contributed by atoms with Crippen molar-refractivity contribution in [3.05, 3.63) is 34.7 Å². The summed E-state index contributed by atoms with van der Waals surface area (Å²) in [4.78, 5) is 4.73. The number of rotatable bonds is 3. The maximum Gasteiger partial charge on any atom is 0.183 e. The number of aryl methyl sites for hydroxylation is 2. The Balaban J connectivity index is 1.99. The van der Waals surface area contributed by atoms with E-state index in [0.29, 0.717) is 0 Å². The van der Waals surface area contributed by atoms with Gasteiger partial charge in [-0.2, -0.15) is 0 Å². The Morgan fingerprint density at radius 2 is 1.91 bits per heavy atom. The number of nitrogens with one attached hydrogen (secondary N) is 1. The fraction of sp³-hybridized carbons (Fsp3) is 0.412. The van der Waals surface area contributed by atoms with Crippen LogP contribution in [0.2, 0.25) is 0 Å². The molecule has 23 heavy (non-hydrogen) atoms. The normalized spacial score (nSPS) is 11.9. The van der Waals surface area contributed by atoms with Gasteiger partial charge in [0.2, 0.25) is 0 Å². The molecule has 0 aliphatic rings. The number of anilines is 1. The first-order valence-corrected chi connectivity index (χ1v) is 8.49. The van der Waals surface area contributed by atoms with Gasteiger partial charge in [0.05, 0.1) is 5.69 Å². The fourth-order valence-corrected chi connectivity index (χ4v) is 3.53. The number of hydrogen-bond acceptors (Lipinski definition) is 5. The topological polar surface area (TPSA) is 55.9 Å². The molecular weight excluding hydrogens is 308 g/mol. The summed E-state index contributed by atoms with van der Waals surface area (Å²) >= 11 is 1.63. The SMILES string of the molecule is Cc1cc(-n2c(C)cc(-c3csc(NC(C)(C)C)n3)c2C)no1. The highest BCUT2D eigenvalue weighted by Crippen LogP contribution is 2.32. The fourth-order valence-electron chi connectivity index (χ4n) is 2.61. The molecule has 0 saturated heterocycles. The third kappa shape index (κ3) is 3.17. The molecular formula is C17H22N4OS. The maximum atomic E-state index is 5.21. The minimum absolute atomic E-state index is 0.00422. The van der Waals surface area contributed by atoms with Gasteiger partial charge >= 0.3 is 0 Å². The Labute approximate surface area is 140 Å². The second-order valence-corrected chi connectivity index (χ2v) is 7.69. The lowest BCUT2D eigenvalue weighted by atomic mass is 10.1. The third-order valence-electron chi connectivity index (χ3n) is 3.54. The Hall–Kier alpha value is -2.08. The van der Waals surface area contributed by atoms with Crippen LogP contribution >= 0.6 is 11.3 Å². The first-order chi connectivity index (χ1) is 10.7. The second kappa shape index (κ2) is 5.53. The average Bonchev–Trinajstić information content (AvgIpc) is 3.09. The van der Waals surface area contributed by atoms with Gasteiger partial charge in [-0.05, 0) is 47.6 Å². The van der Waals surface area contributed by atoms with Crippen LogP contribution in [0.1, 0.15) is 37.9 Å². The quantitative estimate of drug-likeness (QED) is 0.754. The van der Waals surface area contributed by atoms with Crippen LogP contribution in [0.25, 0.3) is 17.1 Å². The van der Waals surface area contributed by atoms with Crippen LogP contribution in [0.15, 0.2) is 22.0 Å². The number of aromatic nitrogens is 3. The summed E-state index contributed by atoms with van der Waals surface area (Å²) in [5.41, 5.74) is 4.35. The van der Waals surface area contributed by atoms with Gasteiger partial charge in [0, 0.05) is 33.9 Å². The largest absolute Gasteiger partial charge is 0.360 e. The molecule has 0 aliphatic carbocycles. The molecule has 0 bridgehead atoms. The van der Waals surface area contributed by atoms with Crippen LogP contribution in [0, 0.1) is 20.8 Å². The van der Waals surface area contributed by atoms with Gasteiger partial charge in [-0.25, -0.2) is 4.98 Å². The lowest BCUT2D eigenvalue weighted by Crippen LogP contribution is -2.25. The predicted octanol–water partition coefficient (Wildman–Crippen LogP) is 4.72. The highest BCUT2D eigenvalue weighted by atomic mass is 32.1. The Kier molecular flexibility index (Phi) is 3.80. The van der Waals surface area contributed by atoms with Crippen molar-refractivity contribution in [3.63, 3.8) is 0 Å². The highest BCUT2D eigenvalue weighted by Gasteiger charge is 2.18. The average molecular weight is 330 g/mol. The van der Waals surface area contributed by atoms with E-state index >= 15 is 0 Å². The molecule has 0 spiro atoms. The van der Waals surface area contributed by atoms with Crippen LogP contribution in [0.5, 0.6) is 0 Å². The van der Waals surface area contributed by atoms with E-state index in [1.54, 1.807) is 11.3 Å². The lowest BCUT2D eigenvalue weighted by Gasteiger charge is -2.19. The molecule has 0 amide bonds. The molecule has 3 aromatic rings. The van der Waals surface area contributed by atoms with E-state index in [2.05, 4.69) is 61.1 Å². The van der Waals surface area contributed by atoms with Crippen molar-refractivity contribution in [1.82, 2.24) is 14.7 Å². The Morgan fingerprint density at radius 1 is 1.17 bits per heavy atom.